The predicted molar refractivity (Wildman–Crippen MR) is 114 cm³/mol. The maximum Gasteiger partial charge on any atom is 0.254 e. The Morgan fingerprint density at radius 2 is 1.87 bits per heavy atom. The first kappa shape index (κ1) is 20.3. The topological polar surface area (TPSA) is 67.9 Å². The zero-order chi connectivity index (χ0) is 21.3. The minimum Gasteiger partial charge on any atom is -0.493 e. The average molecular weight is 408 g/mol. The van der Waals surface area contributed by atoms with E-state index < -0.39 is 5.92 Å². The molecule has 0 fully saturated rings. The minimum absolute atomic E-state index is 0.0591. The molecular weight excluding hydrogens is 380 g/mol. The van der Waals surface area contributed by atoms with Gasteiger partial charge in [-0.05, 0) is 41.7 Å². The molecule has 0 aliphatic carbocycles. The number of methoxy groups -OCH3 is 2. The fourth-order valence-electron chi connectivity index (χ4n) is 4.63. The predicted octanol–water partition coefficient (Wildman–Crippen LogP) is 3.46. The van der Waals surface area contributed by atoms with Crippen LogP contribution in [-0.2, 0) is 11.2 Å². The Morgan fingerprint density at radius 1 is 1.13 bits per heavy atom. The van der Waals surface area contributed by atoms with Crippen LogP contribution in [0.3, 0.4) is 0 Å². The second kappa shape index (κ2) is 8.38. The summed E-state index contributed by atoms with van der Waals surface area (Å²) in [5.74, 6) is 0.383. The van der Waals surface area contributed by atoms with Crippen molar-refractivity contribution in [2.24, 2.45) is 0 Å². The lowest BCUT2D eigenvalue weighted by atomic mass is 9.75. The first-order valence-electron chi connectivity index (χ1n) is 10.5. The molecule has 30 heavy (non-hydrogen) atoms. The molecule has 2 amide bonds. The summed E-state index contributed by atoms with van der Waals surface area (Å²) in [6.07, 6.45) is 2.70. The van der Waals surface area contributed by atoms with Gasteiger partial charge >= 0.3 is 0 Å². The summed E-state index contributed by atoms with van der Waals surface area (Å²) in [6.45, 7) is 3.31. The maximum absolute atomic E-state index is 13.5. The van der Waals surface area contributed by atoms with Crippen LogP contribution >= 0.6 is 0 Å². The highest BCUT2D eigenvalue weighted by molar-refractivity contribution is 6.02. The van der Waals surface area contributed by atoms with E-state index in [4.69, 9.17) is 9.47 Å². The summed E-state index contributed by atoms with van der Waals surface area (Å²) < 4.78 is 10.9. The molecule has 0 radical (unpaired) electrons. The molecule has 0 aromatic heterocycles. The fraction of sp³-hybridized carbons (Fsp3) is 0.417. The van der Waals surface area contributed by atoms with Crippen LogP contribution < -0.4 is 14.8 Å². The number of fused-ring (bicyclic) bond motifs is 4. The van der Waals surface area contributed by atoms with Crippen LogP contribution in [0.4, 0.5) is 0 Å². The van der Waals surface area contributed by atoms with Gasteiger partial charge in [-0.15, -0.1) is 0 Å². The Hall–Kier alpha value is -3.02. The molecule has 6 nitrogen and oxygen atoms in total. The smallest absolute Gasteiger partial charge is 0.254 e. The van der Waals surface area contributed by atoms with E-state index >= 15 is 0 Å². The van der Waals surface area contributed by atoms with E-state index in [-0.39, 0.29) is 17.9 Å². The van der Waals surface area contributed by atoms with E-state index in [0.717, 1.165) is 24.8 Å². The average Bonchev–Trinajstić information content (AvgIpc) is 2.78. The molecule has 2 aromatic carbocycles. The molecule has 0 spiro atoms. The van der Waals surface area contributed by atoms with Crippen LogP contribution in [0.15, 0.2) is 36.4 Å². The minimum atomic E-state index is -0.504. The van der Waals surface area contributed by atoms with E-state index in [2.05, 4.69) is 18.3 Å². The molecule has 2 aliphatic heterocycles. The van der Waals surface area contributed by atoms with Gasteiger partial charge in [0.05, 0.1) is 26.2 Å². The maximum atomic E-state index is 13.5. The number of rotatable bonds is 6. The highest BCUT2D eigenvalue weighted by Crippen LogP contribution is 2.48. The summed E-state index contributed by atoms with van der Waals surface area (Å²) in [6, 6.07) is 11.3. The van der Waals surface area contributed by atoms with Gasteiger partial charge in [0.2, 0.25) is 5.91 Å². The third-order valence-electron chi connectivity index (χ3n) is 6.14. The Kier molecular flexibility index (Phi) is 5.66. The van der Waals surface area contributed by atoms with Crippen molar-refractivity contribution in [3.8, 4) is 11.5 Å². The van der Waals surface area contributed by atoms with Gasteiger partial charge in [0.25, 0.3) is 5.91 Å². The van der Waals surface area contributed by atoms with Crippen molar-refractivity contribution in [2.75, 3.05) is 27.3 Å². The molecule has 0 unspecified atom stereocenters. The fourth-order valence-corrected chi connectivity index (χ4v) is 4.63. The van der Waals surface area contributed by atoms with Gasteiger partial charge < -0.3 is 19.7 Å². The molecule has 158 valence electrons. The number of hydrogen-bond acceptors (Lipinski definition) is 4. The van der Waals surface area contributed by atoms with Crippen LogP contribution in [-0.4, -0.2) is 44.0 Å². The van der Waals surface area contributed by atoms with Crippen LogP contribution in [0.2, 0.25) is 0 Å². The Bertz CT molecular complexity index is 972. The molecule has 0 saturated heterocycles. The molecular formula is C24H28N2O4. The van der Waals surface area contributed by atoms with Crippen molar-refractivity contribution in [3.05, 3.63) is 58.7 Å². The summed E-state index contributed by atoms with van der Waals surface area (Å²) in [5.41, 5.74) is 3.46. The number of carbonyl (C=O) groups is 2. The quantitative estimate of drug-likeness (QED) is 0.744. The highest BCUT2D eigenvalue weighted by Gasteiger charge is 2.46. The number of ether oxygens (including phenoxy) is 2. The van der Waals surface area contributed by atoms with Crippen LogP contribution in [0, 0.1) is 0 Å². The third-order valence-corrected chi connectivity index (χ3v) is 6.14. The molecule has 4 rings (SSSR count). The van der Waals surface area contributed by atoms with E-state index in [1.54, 1.807) is 26.4 Å². The summed E-state index contributed by atoms with van der Waals surface area (Å²) in [7, 11) is 3.11. The second-order valence-electron chi connectivity index (χ2n) is 7.81. The lowest BCUT2D eigenvalue weighted by molar-refractivity contribution is -0.124. The van der Waals surface area contributed by atoms with Crippen LogP contribution in [0.1, 0.15) is 58.8 Å². The summed E-state index contributed by atoms with van der Waals surface area (Å²) in [4.78, 5) is 28.7. The van der Waals surface area contributed by atoms with Gasteiger partial charge in [-0.3, -0.25) is 9.59 Å². The number of benzene rings is 2. The molecule has 2 atom stereocenters. The van der Waals surface area contributed by atoms with E-state index in [0.29, 0.717) is 35.7 Å². The molecule has 6 heteroatoms. The molecule has 1 N–H and O–H groups in total. The normalized spacial score (nSPS) is 19.4. The Balaban J connectivity index is 1.87. The number of hydrogen-bond donors (Lipinski definition) is 1. The first-order chi connectivity index (χ1) is 14.6. The third kappa shape index (κ3) is 3.30. The lowest BCUT2D eigenvalue weighted by Crippen LogP contribution is -2.50. The van der Waals surface area contributed by atoms with Gasteiger partial charge in [0.15, 0.2) is 11.5 Å². The molecule has 2 heterocycles. The van der Waals surface area contributed by atoms with Gasteiger partial charge in [0, 0.05) is 18.7 Å². The van der Waals surface area contributed by atoms with E-state index in [9.17, 15) is 9.59 Å². The molecule has 2 aromatic rings. The van der Waals surface area contributed by atoms with Crippen molar-refractivity contribution < 1.29 is 19.1 Å². The first-order valence-corrected chi connectivity index (χ1v) is 10.5. The van der Waals surface area contributed by atoms with E-state index in [1.807, 2.05) is 23.1 Å². The summed E-state index contributed by atoms with van der Waals surface area (Å²) >= 11 is 0. The van der Waals surface area contributed by atoms with Crippen molar-refractivity contribution in [2.45, 2.75) is 38.1 Å². The van der Waals surface area contributed by atoms with Gasteiger partial charge in [-0.25, -0.2) is 0 Å². The number of amides is 2. The standard InChI is InChI=1S/C24H28N2O4/c1-4-5-11-25-23(27)21-17-13-19(29-2)20(30-3)14-18(17)24(28)26-12-10-15-8-6-7-9-16(15)22(21)26/h6-9,13-14,21-22H,4-5,10-12H2,1-3H3,(H,25,27)/t21-,22-/m1/s1. The van der Waals surface area contributed by atoms with Crippen LogP contribution in [0.25, 0.3) is 0 Å². The number of nitrogens with one attached hydrogen (secondary N) is 1. The monoisotopic (exact) mass is 408 g/mol. The molecule has 2 aliphatic rings. The van der Waals surface area contributed by atoms with Gasteiger partial charge in [-0.1, -0.05) is 37.6 Å². The molecule has 0 bridgehead atoms. The van der Waals surface area contributed by atoms with E-state index in [1.165, 1.54) is 5.56 Å². The van der Waals surface area contributed by atoms with Crippen molar-refractivity contribution in [3.63, 3.8) is 0 Å². The second-order valence-corrected chi connectivity index (χ2v) is 7.81. The SMILES string of the molecule is CCCCNC(=O)[C@@H]1c2cc(OC)c(OC)cc2C(=O)N2CCc3ccccc3[C@H]12. The largest absolute Gasteiger partial charge is 0.493 e. The van der Waals surface area contributed by atoms with Gasteiger partial charge in [0.1, 0.15) is 0 Å². The van der Waals surface area contributed by atoms with Crippen molar-refractivity contribution >= 4 is 11.8 Å². The number of unbranched alkanes of at least 4 members (excludes halogenated alkanes) is 1. The van der Waals surface area contributed by atoms with Crippen molar-refractivity contribution in [1.29, 1.82) is 0 Å². The number of nitrogens with zero attached hydrogens (tertiary/aromatic N) is 1. The number of carbonyl (C=O) groups excluding carboxylic acids is 2. The zero-order valence-electron chi connectivity index (χ0n) is 17.7. The molecule has 0 saturated carbocycles. The lowest BCUT2D eigenvalue weighted by Gasteiger charge is -2.45. The van der Waals surface area contributed by atoms with Crippen LogP contribution in [0.5, 0.6) is 11.5 Å². The Labute approximate surface area is 177 Å². The zero-order valence-corrected chi connectivity index (χ0v) is 17.7. The highest BCUT2D eigenvalue weighted by atomic mass is 16.5. The summed E-state index contributed by atoms with van der Waals surface area (Å²) in [5, 5.41) is 3.09. The van der Waals surface area contributed by atoms with Gasteiger partial charge in [-0.2, -0.15) is 0 Å². The van der Waals surface area contributed by atoms with Crippen molar-refractivity contribution in [1.82, 2.24) is 10.2 Å². The Morgan fingerprint density at radius 3 is 2.60 bits per heavy atom.